The zero-order valence-corrected chi connectivity index (χ0v) is 13.2. The molecule has 22 heavy (non-hydrogen) atoms. The molecule has 0 aliphatic heterocycles. The molecule has 0 fully saturated rings. The summed E-state index contributed by atoms with van der Waals surface area (Å²) in [4.78, 5) is 13.4. The van der Waals surface area contributed by atoms with Gasteiger partial charge in [0.25, 0.3) is 0 Å². The Hall–Kier alpha value is -2.79. The molecule has 1 aromatic carbocycles. The number of allylic oxidation sites excluding steroid dienone is 1. The molecule has 0 radical (unpaired) electrons. The molecule has 0 aliphatic carbocycles. The first-order valence-corrected chi connectivity index (χ1v) is 6.89. The van der Waals surface area contributed by atoms with E-state index in [4.69, 9.17) is 10.5 Å². The Kier molecular flexibility index (Phi) is 5.72. The van der Waals surface area contributed by atoms with Crippen LogP contribution in [0.15, 0.2) is 30.8 Å². The van der Waals surface area contributed by atoms with Crippen LogP contribution in [0.25, 0.3) is 5.57 Å². The first-order chi connectivity index (χ1) is 10.3. The number of hydrogen-bond donors (Lipinski definition) is 1. The van der Waals surface area contributed by atoms with Crippen molar-refractivity contribution >= 4 is 11.6 Å². The summed E-state index contributed by atoms with van der Waals surface area (Å²) in [6, 6.07) is 11.1. The molecule has 0 saturated carbocycles. The van der Waals surface area contributed by atoms with E-state index < -0.39 is 11.6 Å². The van der Waals surface area contributed by atoms with Crippen molar-refractivity contribution in [3.63, 3.8) is 0 Å². The Bertz CT molecular complexity index is 633. The van der Waals surface area contributed by atoms with Gasteiger partial charge in [-0.05, 0) is 38.0 Å². The fourth-order valence-electron chi connectivity index (χ4n) is 1.96. The molecule has 1 aromatic rings. The molecular formula is C17H20N4O. The molecule has 2 amide bonds. The molecular weight excluding hydrogens is 276 g/mol. The lowest BCUT2D eigenvalue weighted by Gasteiger charge is -2.30. The average molecular weight is 296 g/mol. The van der Waals surface area contributed by atoms with Gasteiger partial charge in [-0.15, -0.1) is 0 Å². The van der Waals surface area contributed by atoms with Crippen molar-refractivity contribution in [2.75, 3.05) is 13.1 Å². The van der Waals surface area contributed by atoms with Crippen molar-refractivity contribution in [2.24, 2.45) is 0 Å². The van der Waals surface area contributed by atoms with E-state index in [9.17, 15) is 4.79 Å². The van der Waals surface area contributed by atoms with Gasteiger partial charge in [-0.3, -0.25) is 4.90 Å². The highest BCUT2D eigenvalue weighted by molar-refractivity contribution is 5.76. The van der Waals surface area contributed by atoms with Gasteiger partial charge in [0.15, 0.2) is 0 Å². The molecule has 0 unspecified atom stereocenters. The molecule has 0 aliphatic rings. The van der Waals surface area contributed by atoms with Gasteiger partial charge in [0.05, 0.1) is 17.7 Å². The van der Waals surface area contributed by atoms with Crippen LogP contribution < -0.4 is 5.32 Å². The summed E-state index contributed by atoms with van der Waals surface area (Å²) in [5, 5.41) is 20.3. The van der Waals surface area contributed by atoms with Gasteiger partial charge in [-0.1, -0.05) is 30.4 Å². The van der Waals surface area contributed by atoms with Gasteiger partial charge in [0.1, 0.15) is 13.1 Å². The van der Waals surface area contributed by atoms with E-state index in [1.807, 2.05) is 57.2 Å². The van der Waals surface area contributed by atoms with Crippen molar-refractivity contribution < 1.29 is 4.79 Å². The minimum atomic E-state index is -0.633. The molecule has 0 spiro atoms. The molecule has 5 heteroatoms. The molecule has 114 valence electrons. The minimum Gasteiger partial charge on any atom is -0.329 e. The van der Waals surface area contributed by atoms with Gasteiger partial charge in [-0.25, -0.2) is 4.79 Å². The quantitative estimate of drug-likeness (QED) is 0.848. The first kappa shape index (κ1) is 17.3. The van der Waals surface area contributed by atoms with Crippen molar-refractivity contribution in [1.29, 1.82) is 10.5 Å². The SMILES string of the molecule is C=C(C)c1cccc(C(C)(C)NC(=O)N(CC#N)CC#N)c1. The number of benzene rings is 1. The van der Waals surface area contributed by atoms with E-state index in [1.165, 1.54) is 4.90 Å². The zero-order valence-electron chi connectivity index (χ0n) is 13.2. The summed E-state index contributed by atoms with van der Waals surface area (Å²) in [5.74, 6) is 0. The summed E-state index contributed by atoms with van der Waals surface area (Å²) < 4.78 is 0. The Balaban J connectivity index is 2.97. The highest BCUT2D eigenvalue weighted by Crippen LogP contribution is 2.23. The Labute approximate surface area is 131 Å². The van der Waals surface area contributed by atoms with E-state index >= 15 is 0 Å². The molecule has 1 N–H and O–H groups in total. The number of nitriles is 2. The first-order valence-electron chi connectivity index (χ1n) is 6.89. The predicted molar refractivity (Wildman–Crippen MR) is 85.5 cm³/mol. The molecule has 0 saturated heterocycles. The van der Waals surface area contributed by atoms with Crippen LogP contribution in [0.2, 0.25) is 0 Å². The van der Waals surface area contributed by atoms with Crippen molar-refractivity contribution in [3.8, 4) is 12.1 Å². The van der Waals surface area contributed by atoms with Crippen LogP contribution in [-0.4, -0.2) is 24.0 Å². The highest BCUT2D eigenvalue weighted by Gasteiger charge is 2.25. The largest absolute Gasteiger partial charge is 0.329 e. The number of nitrogens with one attached hydrogen (secondary N) is 1. The summed E-state index contributed by atoms with van der Waals surface area (Å²) in [6.07, 6.45) is 0. The third-order valence-electron chi connectivity index (χ3n) is 3.31. The maximum atomic E-state index is 12.2. The molecule has 5 nitrogen and oxygen atoms in total. The van der Waals surface area contributed by atoms with Crippen molar-refractivity contribution in [1.82, 2.24) is 10.2 Å². The van der Waals surface area contributed by atoms with E-state index in [0.717, 1.165) is 16.7 Å². The zero-order chi connectivity index (χ0) is 16.8. The van der Waals surface area contributed by atoms with Crippen molar-refractivity contribution in [3.05, 3.63) is 42.0 Å². The second-order valence-electron chi connectivity index (χ2n) is 5.59. The fourth-order valence-corrected chi connectivity index (χ4v) is 1.96. The molecule has 0 heterocycles. The van der Waals surface area contributed by atoms with Gasteiger partial charge >= 0.3 is 6.03 Å². The van der Waals surface area contributed by atoms with Gasteiger partial charge < -0.3 is 5.32 Å². The van der Waals surface area contributed by atoms with Gasteiger partial charge in [-0.2, -0.15) is 10.5 Å². The summed E-state index contributed by atoms with van der Waals surface area (Å²) in [5.41, 5.74) is 2.24. The number of nitrogens with zero attached hydrogens (tertiary/aromatic N) is 3. The van der Waals surface area contributed by atoms with Crippen LogP contribution in [0, 0.1) is 22.7 Å². The van der Waals surface area contributed by atoms with Crippen LogP contribution in [0.4, 0.5) is 4.79 Å². The molecule has 0 atom stereocenters. The van der Waals surface area contributed by atoms with E-state index in [2.05, 4.69) is 11.9 Å². The lowest BCUT2D eigenvalue weighted by molar-refractivity contribution is 0.197. The molecule has 0 bridgehead atoms. The topological polar surface area (TPSA) is 79.9 Å². The number of amides is 2. The number of urea groups is 1. The number of carbonyl (C=O) groups excluding carboxylic acids is 1. The second-order valence-corrected chi connectivity index (χ2v) is 5.59. The third kappa shape index (κ3) is 4.36. The highest BCUT2D eigenvalue weighted by atomic mass is 16.2. The minimum absolute atomic E-state index is 0.124. The van der Waals surface area contributed by atoms with E-state index in [-0.39, 0.29) is 13.1 Å². The van der Waals surface area contributed by atoms with E-state index in [0.29, 0.717) is 0 Å². The molecule has 1 rings (SSSR count). The normalized spacial score (nSPS) is 10.2. The standard InChI is InChI=1S/C17H20N4O/c1-13(2)14-6-5-7-15(12-14)17(3,4)20-16(22)21(10-8-18)11-9-19/h5-7,12H,1,10-11H2,2-4H3,(H,20,22). The Morgan fingerprint density at radius 2 is 1.91 bits per heavy atom. The molecule has 0 aromatic heterocycles. The van der Waals surface area contributed by atoms with Gasteiger partial charge in [0, 0.05) is 0 Å². The summed E-state index contributed by atoms with van der Waals surface area (Å²) >= 11 is 0. The second kappa shape index (κ2) is 7.28. The van der Waals surface area contributed by atoms with E-state index in [1.54, 1.807) is 0 Å². The van der Waals surface area contributed by atoms with Crippen LogP contribution in [0.3, 0.4) is 0 Å². The summed E-state index contributed by atoms with van der Waals surface area (Å²) in [7, 11) is 0. The Morgan fingerprint density at radius 1 is 1.32 bits per heavy atom. The monoisotopic (exact) mass is 296 g/mol. The van der Waals surface area contributed by atoms with Crippen LogP contribution in [0.5, 0.6) is 0 Å². The van der Waals surface area contributed by atoms with Crippen LogP contribution in [0.1, 0.15) is 31.9 Å². The predicted octanol–water partition coefficient (Wildman–Crippen LogP) is 3.01. The van der Waals surface area contributed by atoms with Gasteiger partial charge in [0.2, 0.25) is 0 Å². The lowest BCUT2D eigenvalue weighted by atomic mass is 9.92. The van der Waals surface area contributed by atoms with Crippen molar-refractivity contribution in [2.45, 2.75) is 26.3 Å². The lowest BCUT2D eigenvalue weighted by Crippen LogP contribution is -2.48. The van der Waals surface area contributed by atoms with Crippen LogP contribution >= 0.6 is 0 Å². The average Bonchev–Trinajstić information content (AvgIpc) is 2.46. The summed E-state index contributed by atoms with van der Waals surface area (Å²) in [6.45, 7) is 9.34. The number of hydrogen-bond acceptors (Lipinski definition) is 3. The maximum Gasteiger partial charge on any atom is 0.319 e. The number of carbonyl (C=O) groups is 1. The smallest absolute Gasteiger partial charge is 0.319 e. The Morgan fingerprint density at radius 3 is 2.41 bits per heavy atom. The third-order valence-corrected chi connectivity index (χ3v) is 3.31. The van der Waals surface area contributed by atoms with Crippen LogP contribution in [-0.2, 0) is 5.54 Å². The maximum absolute atomic E-state index is 12.2. The fraction of sp³-hybridized carbons (Fsp3) is 0.353. The number of rotatable bonds is 5.